The summed E-state index contributed by atoms with van der Waals surface area (Å²) in [6.07, 6.45) is 0. The number of aryl methyl sites for hydroxylation is 2. The normalized spacial score (nSPS) is 12.0. The van der Waals surface area contributed by atoms with E-state index in [0.717, 1.165) is 11.5 Å². The molecule has 18 heavy (non-hydrogen) atoms. The van der Waals surface area contributed by atoms with Gasteiger partial charge in [-0.05, 0) is 20.8 Å². The third-order valence-corrected chi connectivity index (χ3v) is 2.49. The standard InChI is InChI=1S/C11H18N4O3/c1-6-8(3)18-9(14-6)5-13-7(2)10(16)15-11(17)12-4/h7,13H,5H2,1-4H3,(H2,12,15,16,17). The summed E-state index contributed by atoms with van der Waals surface area (Å²) >= 11 is 0. The van der Waals surface area contributed by atoms with Gasteiger partial charge in [-0.15, -0.1) is 0 Å². The fourth-order valence-electron chi connectivity index (χ4n) is 1.23. The molecule has 0 spiro atoms. The van der Waals surface area contributed by atoms with Gasteiger partial charge in [0.15, 0.2) is 0 Å². The van der Waals surface area contributed by atoms with Crippen molar-refractivity contribution >= 4 is 11.9 Å². The van der Waals surface area contributed by atoms with Crippen LogP contribution in [0.1, 0.15) is 24.3 Å². The smallest absolute Gasteiger partial charge is 0.321 e. The summed E-state index contributed by atoms with van der Waals surface area (Å²) in [5, 5.41) is 7.41. The number of urea groups is 1. The van der Waals surface area contributed by atoms with Crippen molar-refractivity contribution in [2.75, 3.05) is 7.05 Å². The molecule has 7 nitrogen and oxygen atoms in total. The van der Waals surface area contributed by atoms with E-state index in [1.165, 1.54) is 7.05 Å². The summed E-state index contributed by atoms with van der Waals surface area (Å²) in [6, 6.07) is -1.05. The maximum atomic E-state index is 11.5. The molecule has 0 aliphatic carbocycles. The Bertz CT molecular complexity index is 422. The van der Waals surface area contributed by atoms with E-state index < -0.39 is 18.0 Å². The van der Waals surface area contributed by atoms with Gasteiger partial charge in [0.05, 0.1) is 18.3 Å². The number of hydrogen-bond acceptors (Lipinski definition) is 5. The molecule has 1 heterocycles. The van der Waals surface area contributed by atoms with Gasteiger partial charge in [-0.25, -0.2) is 9.78 Å². The van der Waals surface area contributed by atoms with Crippen molar-refractivity contribution < 1.29 is 14.0 Å². The monoisotopic (exact) mass is 254 g/mol. The van der Waals surface area contributed by atoms with Gasteiger partial charge in [0.25, 0.3) is 0 Å². The van der Waals surface area contributed by atoms with Gasteiger partial charge in [-0.2, -0.15) is 0 Å². The molecule has 1 unspecified atom stereocenters. The first-order valence-corrected chi connectivity index (χ1v) is 5.63. The lowest BCUT2D eigenvalue weighted by atomic mass is 10.3. The van der Waals surface area contributed by atoms with Crippen LogP contribution < -0.4 is 16.0 Å². The molecule has 0 saturated carbocycles. The Kier molecular flexibility index (Phi) is 4.85. The fraction of sp³-hybridized carbons (Fsp3) is 0.545. The molecule has 0 aliphatic rings. The second-order valence-corrected chi connectivity index (χ2v) is 3.92. The lowest BCUT2D eigenvalue weighted by Gasteiger charge is -2.11. The molecule has 0 fully saturated rings. The number of nitrogens with zero attached hydrogens (tertiary/aromatic N) is 1. The Morgan fingerprint density at radius 3 is 2.56 bits per heavy atom. The van der Waals surface area contributed by atoms with E-state index in [2.05, 4.69) is 20.9 Å². The van der Waals surface area contributed by atoms with Crippen molar-refractivity contribution in [1.82, 2.24) is 20.9 Å². The molecular formula is C11H18N4O3. The van der Waals surface area contributed by atoms with Gasteiger partial charge in [0.2, 0.25) is 11.8 Å². The van der Waals surface area contributed by atoms with E-state index in [1.807, 2.05) is 13.8 Å². The van der Waals surface area contributed by atoms with Crippen molar-refractivity contribution in [2.45, 2.75) is 33.4 Å². The summed E-state index contributed by atoms with van der Waals surface area (Å²) < 4.78 is 5.36. The molecule has 0 saturated heterocycles. The number of amides is 3. The molecule has 1 aromatic rings. The molecule has 1 rings (SSSR count). The first-order chi connectivity index (χ1) is 8.43. The van der Waals surface area contributed by atoms with Gasteiger partial charge < -0.3 is 9.73 Å². The molecule has 1 aromatic heterocycles. The number of nitrogens with one attached hydrogen (secondary N) is 3. The molecule has 0 aliphatic heterocycles. The molecule has 0 bridgehead atoms. The lowest BCUT2D eigenvalue weighted by molar-refractivity contribution is -0.121. The Morgan fingerprint density at radius 2 is 2.06 bits per heavy atom. The molecule has 100 valence electrons. The molecule has 3 N–H and O–H groups in total. The summed E-state index contributed by atoms with van der Waals surface area (Å²) in [5.74, 6) is 0.869. The van der Waals surface area contributed by atoms with E-state index in [1.54, 1.807) is 6.92 Å². The van der Waals surface area contributed by atoms with Crippen LogP contribution in [0, 0.1) is 13.8 Å². The fourth-order valence-corrected chi connectivity index (χ4v) is 1.23. The van der Waals surface area contributed by atoms with E-state index in [-0.39, 0.29) is 0 Å². The number of imide groups is 1. The average molecular weight is 254 g/mol. The molecular weight excluding hydrogens is 236 g/mol. The van der Waals surface area contributed by atoms with Crippen LogP contribution in [0.3, 0.4) is 0 Å². The van der Waals surface area contributed by atoms with Gasteiger partial charge >= 0.3 is 6.03 Å². The van der Waals surface area contributed by atoms with Crippen LogP contribution >= 0.6 is 0 Å². The highest BCUT2D eigenvalue weighted by atomic mass is 16.4. The van der Waals surface area contributed by atoms with Crippen molar-refractivity contribution in [3.63, 3.8) is 0 Å². The first-order valence-electron chi connectivity index (χ1n) is 5.63. The Balaban J connectivity index is 2.43. The zero-order chi connectivity index (χ0) is 13.7. The highest BCUT2D eigenvalue weighted by Crippen LogP contribution is 2.07. The zero-order valence-electron chi connectivity index (χ0n) is 11.0. The Hall–Kier alpha value is -1.89. The van der Waals surface area contributed by atoms with Crippen LogP contribution in [0.2, 0.25) is 0 Å². The minimum atomic E-state index is -0.531. The quantitative estimate of drug-likeness (QED) is 0.714. The number of hydrogen-bond donors (Lipinski definition) is 3. The van der Waals surface area contributed by atoms with Crippen LogP contribution in [-0.4, -0.2) is 30.0 Å². The number of carbonyl (C=O) groups excluding carboxylic acids is 2. The largest absolute Gasteiger partial charge is 0.444 e. The number of aromatic nitrogens is 1. The van der Waals surface area contributed by atoms with E-state index >= 15 is 0 Å². The van der Waals surface area contributed by atoms with Gasteiger partial charge in [-0.1, -0.05) is 0 Å². The predicted molar refractivity (Wildman–Crippen MR) is 64.9 cm³/mol. The molecule has 0 aromatic carbocycles. The average Bonchev–Trinajstić information content (AvgIpc) is 2.65. The van der Waals surface area contributed by atoms with Crippen molar-refractivity contribution in [1.29, 1.82) is 0 Å². The highest BCUT2D eigenvalue weighted by Gasteiger charge is 2.15. The second kappa shape index (κ2) is 6.15. The third-order valence-electron chi connectivity index (χ3n) is 2.49. The minimum Gasteiger partial charge on any atom is -0.444 e. The predicted octanol–water partition coefficient (Wildman–Crippen LogP) is 0.225. The summed E-state index contributed by atoms with van der Waals surface area (Å²) in [7, 11) is 1.44. The molecule has 1 atom stereocenters. The minimum absolute atomic E-state index is 0.330. The zero-order valence-corrected chi connectivity index (χ0v) is 11.0. The van der Waals surface area contributed by atoms with E-state index in [0.29, 0.717) is 12.4 Å². The van der Waals surface area contributed by atoms with Crippen LogP contribution in [0.5, 0.6) is 0 Å². The van der Waals surface area contributed by atoms with Crippen LogP contribution in [-0.2, 0) is 11.3 Å². The van der Waals surface area contributed by atoms with Crippen LogP contribution in [0.15, 0.2) is 4.42 Å². The van der Waals surface area contributed by atoms with E-state index in [9.17, 15) is 9.59 Å². The first kappa shape index (κ1) is 14.2. The Morgan fingerprint density at radius 1 is 1.39 bits per heavy atom. The molecule has 0 radical (unpaired) electrons. The maximum absolute atomic E-state index is 11.5. The number of oxazole rings is 1. The summed E-state index contributed by atoms with van der Waals surface area (Å²) in [4.78, 5) is 26.6. The van der Waals surface area contributed by atoms with Gasteiger partial charge in [-0.3, -0.25) is 15.4 Å². The van der Waals surface area contributed by atoms with Crippen molar-refractivity contribution in [3.05, 3.63) is 17.3 Å². The molecule has 3 amide bonds. The van der Waals surface area contributed by atoms with Gasteiger partial charge in [0.1, 0.15) is 5.76 Å². The highest BCUT2D eigenvalue weighted by molar-refractivity contribution is 5.96. The van der Waals surface area contributed by atoms with Crippen molar-refractivity contribution in [3.8, 4) is 0 Å². The summed E-state index contributed by atoms with van der Waals surface area (Å²) in [5.41, 5.74) is 0.828. The number of rotatable bonds is 4. The lowest BCUT2D eigenvalue weighted by Crippen LogP contribution is -2.47. The third kappa shape index (κ3) is 3.85. The Labute approximate surface area is 105 Å². The topological polar surface area (TPSA) is 96.3 Å². The number of carbonyl (C=O) groups is 2. The molecule has 7 heteroatoms. The maximum Gasteiger partial charge on any atom is 0.321 e. The van der Waals surface area contributed by atoms with Crippen LogP contribution in [0.25, 0.3) is 0 Å². The van der Waals surface area contributed by atoms with Crippen molar-refractivity contribution in [2.24, 2.45) is 0 Å². The SMILES string of the molecule is CNC(=O)NC(=O)C(C)NCc1nc(C)c(C)o1. The second-order valence-electron chi connectivity index (χ2n) is 3.92. The van der Waals surface area contributed by atoms with Gasteiger partial charge in [0, 0.05) is 7.05 Å². The van der Waals surface area contributed by atoms with Crippen LogP contribution in [0.4, 0.5) is 4.79 Å². The van der Waals surface area contributed by atoms with E-state index in [4.69, 9.17) is 4.42 Å². The summed E-state index contributed by atoms with van der Waals surface area (Å²) in [6.45, 7) is 5.66.